The van der Waals surface area contributed by atoms with E-state index >= 15 is 0 Å². The molecule has 0 atom stereocenters. The van der Waals surface area contributed by atoms with Gasteiger partial charge in [-0.05, 0) is 61.4 Å². The number of fused-ring (bicyclic) bond motifs is 2. The van der Waals surface area contributed by atoms with Crippen molar-refractivity contribution in [3.05, 3.63) is 65.1 Å². The molecule has 32 heavy (non-hydrogen) atoms. The molecule has 0 amide bonds. The Morgan fingerprint density at radius 1 is 1.00 bits per heavy atom. The van der Waals surface area contributed by atoms with Crippen molar-refractivity contribution in [3.63, 3.8) is 0 Å². The van der Waals surface area contributed by atoms with Gasteiger partial charge in [0.05, 0.1) is 41.3 Å². The zero-order valence-corrected chi connectivity index (χ0v) is 17.6. The third-order valence-electron chi connectivity index (χ3n) is 7.20. The zero-order valence-electron chi connectivity index (χ0n) is 17.6. The second kappa shape index (κ2) is 7.55. The minimum absolute atomic E-state index is 0.116. The van der Waals surface area contributed by atoms with Gasteiger partial charge in [0.1, 0.15) is 11.6 Å². The van der Waals surface area contributed by atoms with Gasteiger partial charge in [0.2, 0.25) is 5.95 Å². The van der Waals surface area contributed by atoms with E-state index in [9.17, 15) is 8.78 Å². The molecule has 1 aromatic carbocycles. The predicted octanol–water partition coefficient (Wildman–Crippen LogP) is 4.01. The third kappa shape index (κ3) is 3.00. The molecule has 4 aliphatic rings. The highest BCUT2D eigenvalue weighted by atomic mass is 19.1. The molecule has 6 nitrogen and oxygen atoms in total. The van der Waals surface area contributed by atoms with Gasteiger partial charge in [0.25, 0.3) is 0 Å². The minimum Gasteiger partial charge on any atom is -0.378 e. The van der Waals surface area contributed by atoms with E-state index in [-0.39, 0.29) is 16.7 Å². The number of aromatic nitrogens is 4. The molecule has 0 unspecified atom stereocenters. The summed E-state index contributed by atoms with van der Waals surface area (Å²) in [6, 6.07) is 7.68. The number of rotatable bonds is 3. The third-order valence-corrected chi connectivity index (χ3v) is 7.20. The number of benzene rings is 1. The smallest absolute Gasteiger partial charge is 0.225 e. The highest BCUT2D eigenvalue weighted by molar-refractivity contribution is 5.62. The fourth-order valence-electron chi connectivity index (χ4n) is 5.52. The quantitative estimate of drug-likeness (QED) is 0.620. The van der Waals surface area contributed by atoms with Crippen molar-refractivity contribution < 1.29 is 13.5 Å². The van der Waals surface area contributed by atoms with Crippen LogP contribution in [0.3, 0.4) is 0 Å². The molecule has 0 N–H and O–H groups in total. The van der Waals surface area contributed by atoms with Crippen LogP contribution in [0.15, 0.2) is 36.5 Å². The summed E-state index contributed by atoms with van der Waals surface area (Å²) in [5.74, 6) is -0.203. The van der Waals surface area contributed by atoms with E-state index in [0.717, 1.165) is 55.7 Å². The summed E-state index contributed by atoms with van der Waals surface area (Å²) in [6.07, 6.45) is 5.68. The maximum atomic E-state index is 14.4. The second-order valence-electron chi connectivity index (χ2n) is 8.83. The van der Waals surface area contributed by atoms with Gasteiger partial charge in [-0.2, -0.15) is 5.10 Å². The SMILES string of the molecule is Fc1cccc(F)c1-c1cc2c(nn1)C1(c3ccnc(N4CCOCC4)n3)CCC2CC1. The molecule has 0 radical (unpaired) electrons. The molecule has 164 valence electrons. The summed E-state index contributed by atoms with van der Waals surface area (Å²) in [7, 11) is 0. The maximum Gasteiger partial charge on any atom is 0.225 e. The first-order chi connectivity index (χ1) is 15.7. The van der Waals surface area contributed by atoms with Gasteiger partial charge in [-0.3, -0.25) is 0 Å². The number of hydrogen-bond donors (Lipinski definition) is 0. The Hall–Kier alpha value is -3.00. The molecule has 7 rings (SSSR count). The van der Waals surface area contributed by atoms with Gasteiger partial charge in [-0.15, -0.1) is 5.10 Å². The van der Waals surface area contributed by atoms with Crippen LogP contribution < -0.4 is 4.90 Å². The molecule has 8 heteroatoms. The molecule has 1 saturated carbocycles. The van der Waals surface area contributed by atoms with E-state index in [1.54, 1.807) is 0 Å². The lowest BCUT2D eigenvalue weighted by molar-refractivity contribution is 0.122. The fraction of sp³-hybridized carbons (Fsp3) is 0.417. The first-order valence-electron chi connectivity index (χ1n) is 11.1. The largest absolute Gasteiger partial charge is 0.378 e. The van der Waals surface area contributed by atoms with E-state index in [1.165, 1.54) is 18.2 Å². The van der Waals surface area contributed by atoms with Crippen LogP contribution in [0, 0.1) is 11.6 Å². The number of halogens is 2. The van der Waals surface area contributed by atoms with Gasteiger partial charge in [0.15, 0.2) is 0 Å². The molecule has 3 aliphatic carbocycles. The van der Waals surface area contributed by atoms with Crippen LogP contribution in [0.2, 0.25) is 0 Å². The van der Waals surface area contributed by atoms with E-state index in [4.69, 9.17) is 9.72 Å². The molecular formula is C24H23F2N5O. The highest BCUT2D eigenvalue weighted by Crippen LogP contribution is 2.55. The Labute approximate surface area is 184 Å². The van der Waals surface area contributed by atoms with Gasteiger partial charge >= 0.3 is 0 Å². The van der Waals surface area contributed by atoms with Crippen molar-refractivity contribution in [1.82, 2.24) is 20.2 Å². The number of hydrogen-bond acceptors (Lipinski definition) is 6. The lowest BCUT2D eigenvalue weighted by Gasteiger charge is -2.46. The van der Waals surface area contributed by atoms with Gasteiger partial charge in [0, 0.05) is 19.3 Å². The standard InChI is InChI=1S/C24H23F2N5O/c25-17-2-1-3-18(26)21(17)19-14-16-15-4-7-24(8-5-15,22(16)30-29-19)20-6-9-27-23(28-20)31-10-12-32-13-11-31/h1-3,6,9,14-15H,4-5,7-8,10-13H2. The van der Waals surface area contributed by atoms with Crippen LogP contribution in [-0.2, 0) is 10.2 Å². The van der Waals surface area contributed by atoms with Crippen LogP contribution in [0.25, 0.3) is 11.3 Å². The normalized spacial score (nSPS) is 24.4. The summed E-state index contributed by atoms with van der Waals surface area (Å²) in [6.45, 7) is 2.88. The van der Waals surface area contributed by atoms with Crippen LogP contribution in [0.1, 0.15) is 48.6 Å². The Kier molecular flexibility index (Phi) is 4.64. The van der Waals surface area contributed by atoms with Crippen molar-refractivity contribution in [2.45, 2.75) is 37.0 Å². The number of morpholine rings is 1. The van der Waals surface area contributed by atoms with Crippen LogP contribution in [0.5, 0.6) is 0 Å². The molecule has 1 saturated heterocycles. The van der Waals surface area contributed by atoms with Crippen LogP contribution >= 0.6 is 0 Å². The maximum absolute atomic E-state index is 14.4. The molecule has 2 fully saturated rings. The monoisotopic (exact) mass is 435 g/mol. The molecule has 0 spiro atoms. The van der Waals surface area contributed by atoms with Crippen molar-refractivity contribution in [1.29, 1.82) is 0 Å². The Bertz CT molecular complexity index is 1150. The predicted molar refractivity (Wildman–Crippen MR) is 114 cm³/mol. The number of ether oxygens (including phenoxy) is 1. The summed E-state index contributed by atoms with van der Waals surface area (Å²) in [5, 5.41) is 8.86. The molecule has 2 bridgehead atoms. The summed E-state index contributed by atoms with van der Waals surface area (Å²) < 4.78 is 34.2. The molecule has 2 aromatic heterocycles. The average molecular weight is 435 g/mol. The van der Waals surface area contributed by atoms with E-state index in [1.807, 2.05) is 18.3 Å². The van der Waals surface area contributed by atoms with Crippen molar-refractivity contribution in [3.8, 4) is 11.3 Å². The van der Waals surface area contributed by atoms with Crippen LogP contribution in [-0.4, -0.2) is 46.5 Å². The van der Waals surface area contributed by atoms with Crippen molar-refractivity contribution in [2.75, 3.05) is 31.2 Å². The number of anilines is 1. The van der Waals surface area contributed by atoms with Crippen molar-refractivity contribution >= 4 is 5.95 Å². The average Bonchev–Trinajstić information content (AvgIpc) is 2.85. The van der Waals surface area contributed by atoms with Gasteiger partial charge in [-0.25, -0.2) is 18.7 Å². The van der Waals surface area contributed by atoms with Gasteiger partial charge in [-0.1, -0.05) is 6.07 Å². The molecule has 3 heterocycles. The zero-order chi connectivity index (χ0) is 21.7. The van der Waals surface area contributed by atoms with E-state index in [0.29, 0.717) is 25.1 Å². The second-order valence-corrected chi connectivity index (χ2v) is 8.83. The molecular weight excluding hydrogens is 412 g/mol. The Morgan fingerprint density at radius 2 is 1.75 bits per heavy atom. The fourth-order valence-corrected chi connectivity index (χ4v) is 5.52. The van der Waals surface area contributed by atoms with Gasteiger partial charge < -0.3 is 9.64 Å². The van der Waals surface area contributed by atoms with E-state index in [2.05, 4.69) is 20.1 Å². The first kappa shape index (κ1) is 19.7. The Morgan fingerprint density at radius 3 is 2.50 bits per heavy atom. The summed E-state index contributed by atoms with van der Waals surface area (Å²) in [4.78, 5) is 11.6. The van der Waals surface area contributed by atoms with Crippen molar-refractivity contribution in [2.24, 2.45) is 0 Å². The first-order valence-corrected chi connectivity index (χ1v) is 11.1. The number of nitrogens with zero attached hydrogens (tertiary/aromatic N) is 5. The highest BCUT2D eigenvalue weighted by Gasteiger charge is 2.49. The Balaban J connectivity index is 1.44. The topological polar surface area (TPSA) is 64.0 Å². The lowest BCUT2D eigenvalue weighted by atomic mass is 9.58. The molecule has 1 aliphatic heterocycles. The van der Waals surface area contributed by atoms with E-state index < -0.39 is 11.6 Å². The molecule has 3 aromatic rings. The minimum atomic E-state index is -0.624. The lowest BCUT2D eigenvalue weighted by Crippen LogP contribution is -2.42. The van der Waals surface area contributed by atoms with Crippen LogP contribution in [0.4, 0.5) is 14.7 Å². The summed E-state index contributed by atoms with van der Waals surface area (Å²) in [5.41, 5.74) is 2.68. The summed E-state index contributed by atoms with van der Waals surface area (Å²) >= 11 is 0.